The van der Waals surface area contributed by atoms with Crippen molar-refractivity contribution in [3.8, 4) is 0 Å². The lowest BCUT2D eigenvalue weighted by Crippen LogP contribution is -2.41. The Morgan fingerprint density at radius 3 is 2.71 bits per heavy atom. The van der Waals surface area contributed by atoms with E-state index in [1.165, 1.54) is 0 Å². The molecule has 0 aliphatic rings. The van der Waals surface area contributed by atoms with Crippen LogP contribution in [0.25, 0.3) is 0 Å². The predicted octanol–water partition coefficient (Wildman–Crippen LogP) is 2.38. The van der Waals surface area contributed by atoms with Crippen LogP contribution in [0.15, 0.2) is 23.1 Å². The Morgan fingerprint density at radius 1 is 1.53 bits per heavy atom. The Balaban J connectivity index is 2.86. The number of aliphatic hydroxyl groups is 1. The number of hydrogen-bond acceptors (Lipinski definition) is 3. The van der Waals surface area contributed by atoms with Gasteiger partial charge in [0.1, 0.15) is 0 Å². The number of hydrogen-bond donors (Lipinski definition) is 3. The second-order valence-electron chi connectivity index (χ2n) is 4.17. The van der Waals surface area contributed by atoms with Crippen LogP contribution < -0.4 is 5.32 Å². The smallest absolute Gasteiger partial charge is 0.253 e. The standard InChI is InChI=1S/C12H16ClNO2S/c1-7(2)11(6-15)14-12(16)9-5-8(17)3-4-10(9)13/h3-5,7,11,15,17H,6H2,1-2H3,(H,14,16). The first-order valence-electron chi connectivity index (χ1n) is 5.36. The van der Waals surface area contributed by atoms with Crippen molar-refractivity contribution >= 4 is 30.1 Å². The normalized spacial score (nSPS) is 12.6. The van der Waals surface area contributed by atoms with Gasteiger partial charge in [0.05, 0.1) is 23.2 Å². The maximum absolute atomic E-state index is 12.0. The summed E-state index contributed by atoms with van der Waals surface area (Å²) in [7, 11) is 0. The van der Waals surface area contributed by atoms with Crippen LogP contribution in [0.3, 0.4) is 0 Å². The lowest BCUT2D eigenvalue weighted by molar-refractivity contribution is 0.0897. The van der Waals surface area contributed by atoms with Crippen LogP contribution in [-0.2, 0) is 0 Å². The number of rotatable bonds is 4. The second kappa shape index (κ2) is 6.28. The molecule has 1 unspecified atom stereocenters. The van der Waals surface area contributed by atoms with Crippen molar-refractivity contribution in [3.63, 3.8) is 0 Å². The third kappa shape index (κ3) is 3.91. The molecule has 0 aliphatic heterocycles. The van der Waals surface area contributed by atoms with E-state index in [2.05, 4.69) is 17.9 Å². The number of benzene rings is 1. The van der Waals surface area contributed by atoms with Crippen molar-refractivity contribution in [2.45, 2.75) is 24.8 Å². The minimum Gasteiger partial charge on any atom is -0.394 e. The van der Waals surface area contributed by atoms with Gasteiger partial charge < -0.3 is 10.4 Å². The number of aliphatic hydroxyl groups excluding tert-OH is 1. The highest BCUT2D eigenvalue weighted by Crippen LogP contribution is 2.19. The van der Waals surface area contributed by atoms with Crippen molar-refractivity contribution in [1.29, 1.82) is 0 Å². The topological polar surface area (TPSA) is 49.3 Å². The predicted molar refractivity (Wildman–Crippen MR) is 71.9 cm³/mol. The molecule has 1 rings (SSSR count). The molecule has 0 heterocycles. The fourth-order valence-corrected chi connectivity index (χ4v) is 1.76. The van der Waals surface area contributed by atoms with Crippen molar-refractivity contribution in [1.82, 2.24) is 5.32 Å². The first-order valence-corrected chi connectivity index (χ1v) is 6.18. The van der Waals surface area contributed by atoms with Gasteiger partial charge >= 0.3 is 0 Å². The van der Waals surface area contributed by atoms with Gasteiger partial charge in [-0.15, -0.1) is 12.6 Å². The number of thiol groups is 1. The average Bonchev–Trinajstić information content (AvgIpc) is 2.28. The van der Waals surface area contributed by atoms with Crippen molar-refractivity contribution in [2.75, 3.05) is 6.61 Å². The van der Waals surface area contributed by atoms with Gasteiger partial charge in [-0.3, -0.25) is 4.79 Å². The van der Waals surface area contributed by atoms with Gasteiger partial charge in [0, 0.05) is 4.90 Å². The van der Waals surface area contributed by atoms with E-state index in [1.54, 1.807) is 18.2 Å². The third-order valence-corrected chi connectivity index (χ3v) is 3.12. The number of nitrogens with one attached hydrogen (secondary N) is 1. The average molecular weight is 274 g/mol. The summed E-state index contributed by atoms with van der Waals surface area (Å²) in [5.74, 6) is -0.138. The van der Waals surface area contributed by atoms with E-state index < -0.39 is 0 Å². The summed E-state index contributed by atoms with van der Waals surface area (Å²) in [5, 5.41) is 12.3. The van der Waals surface area contributed by atoms with Crippen LogP contribution in [0.4, 0.5) is 0 Å². The van der Waals surface area contributed by atoms with Crippen LogP contribution in [-0.4, -0.2) is 23.7 Å². The molecule has 3 nitrogen and oxygen atoms in total. The summed E-state index contributed by atoms with van der Waals surface area (Å²) in [6.45, 7) is 3.76. The molecule has 0 spiro atoms. The number of halogens is 1. The van der Waals surface area contributed by atoms with Gasteiger partial charge in [-0.25, -0.2) is 0 Å². The fraction of sp³-hybridized carbons (Fsp3) is 0.417. The first kappa shape index (κ1) is 14.4. The van der Waals surface area contributed by atoms with E-state index in [9.17, 15) is 4.79 Å². The molecular weight excluding hydrogens is 258 g/mol. The monoisotopic (exact) mass is 273 g/mol. The lowest BCUT2D eigenvalue weighted by Gasteiger charge is -2.20. The summed E-state index contributed by atoms with van der Waals surface area (Å²) >= 11 is 10.1. The Hall–Kier alpha value is -0.710. The van der Waals surface area contributed by atoms with Crippen LogP contribution in [0, 0.1) is 5.92 Å². The largest absolute Gasteiger partial charge is 0.394 e. The zero-order valence-corrected chi connectivity index (χ0v) is 11.4. The fourth-order valence-electron chi connectivity index (χ4n) is 1.36. The van der Waals surface area contributed by atoms with Gasteiger partial charge in [-0.05, 0) is 24.1 Å². The number of carbonyl (C=O) groups excluding carboxylic acids is 1. The van der Waals surface area contributed by atoms with Crippen LogP contribution in [0.1, 0.15) is 24.2 Å². The van der Waals surface area contributed by atoms with Gasteiger partial charge in [0.2, 0.25) is 0 Å². The van der Waals surface area contributed by atoms with Gasteiger partial charge in [-0.1, -0.05) is 25.4 Å². The second-order valence-corrected chi connectivity index (χ2v) is 5.09. The molecule has 94 valence electrons. The number of carbonyl (C=O) groups is 1. The minimum atomic E-state index is -0.293. The van der Waals surface area contributed by atoms with E-state index in [0.29, 0.717) is 15.5 Å². The van der Waals surface area contributed by atoms with E-state index >= 15 is 0 Å². The Morgan fingerprint density at radius 2 is 2.18 bits per heavy atom. The van der Waals surface area contributed by atoms with Gasteiger partial charge in [-0.2, -0.15) is 0 Å². The highest BCUT2D eigenvalue weighted by Gasteiger charge is 2.18. The van der Waals surface area contributed by atoms with Crippen molar-refractivity contribution in [2.24, 2.45) is 5.92 Å². The summed E-state index contributed by atoms with van der Waals surface area (Å²) in [5.41, 5.74) is 0.373. The molecule has 1 aromatic carbocycles. The van der Waals surface area contributed by atoms with Crippen LogP contribution >= 0.6 is 24.2 Å². The van der Waals surface area contributed by atoms with Crippen molar-refractivity contribution in [3.05, 3.63) is 28.8 Å². The molecule has 0 bridgehead atoms. The molecular formula is C12H16ClNO2S. The molecule has 17 heavy (non-hydrogen) atoms. The molecule has 0 aliphatic carbocycles. The van der Waals surface area contributed by atoms with E-state index in [4.69, 9.17) is 16.7 Å². The summed E-state index contributed by atoms with van der Waals surface area (Å²) in [6, 6.07) is 4.67. The zero-order valence-electron chi connectivity index (χ0n) is 9.77. The van der Waals surface area contributed by atoms with Crippen LogP contribution in [0.5, 0.6) is 0 Å². The minimum absolute atomic E-state index is 0.0956. The maximum Gasteiger partial charge on any atom is 0.253 e. The van der Waals surface area contributed by atoms with Crippen LogP contribution in [0.2, 0.25) is 5.02 Å². The molecule has 0 radical (unpaired) electrons. The molecule has 1 amide bonds. The first-order chi connectivity index (χ1) is 7.95. The molecule has 5 heteroatoms. The quantitative estimate of drug-likeness (QED) is 0.738. The maximum atomic E-state index is 12.0. The lowest BCUT2D eigenvalue weighted by atomic mass is 10.0. The summed E-state index contributed by atoms with van der Waals surface area (Å²) in [4.78, 5) is 12.6. The van der Waals surface area contributed by atoms with Crippen molar-refractivity contribution < 1.29 is 9.90 Å². The molecule has 0 aromatic heterocycles. The van der Waals surface area contributed by atoms with E-state index in [0.717, 1.165) is 0 Å². The molecule has 0 fully saturated rings. The molecule has 0 saturated carbocycles. The molecule has 1 atom stereocenters. The zero-order chi connectivity index (χ0) is 13.0. The summed E-state index contributed by atoms with van der Waals surface area (Å²) in [6.07, 6.45) is 0. The van der Waals surface area contributed by atoms with Gasteiger partial charge in [0.25, 0.3) is 5.91 Å². The molecule has 0 saturated heterocycles. The Kier molecular flexibility index (Phi) is 5.31. The highest BCUT2D eigenvalue weighted by molar-refractivity contribution is 7.80. The molecule has 2 N–H and O–H groups in total. The number of amides is 1. The summed E-state index contributed by atoms with van der Waals surface area (Å²) < 4.78 is 0. The SMILES string of the molecule is CC(C)C(CO)NC(=O)c1cc(S)ccc1Cl. The van der Waals surface area contributed by atoms with E-state index in [-0.39, 0.29) is 24.5 Å². The highest BCUT2D eigenvalue weighted by atomic mass is 35.5. The van der Waals surface area contributed by atoms with Gasteiger partial charge in [0.15, 0.2) is 0 Å². The molecule has 1 aromatic rings. The van der Waals surface area contributed by atoms with E-state index in [1.807, 2.05) is 13.8 Å². The Labute approximate surface area is 112 Å². The Bertz CT molecular complexity index is 409. The third-order valence-electron chi connectivity index (χ3n) is 2.51.